The molecule has 0 amide bonds. The third kappa shape index (κ3) is 3.19. The summed E-state index contributed by atoms with van der Waals surface area (Å²) in [6.07, 6.45) is 9.09. The summed E-state index contributed by atoms with van der Waals surface area (Å²) in [5.41, 5.74) is 4.58. The molecule has 0 spiro atoms. The highest BCUT2D eigenvalue weighted by Gasteiger charge is 2.70. The summed E-state index contributed by atoms with van der Waals surface area (Å²) in [6, 6.07) is 29.6. The van der Waals surface area contributed by atoms with Crippen molar-refractivity contribution in [2.24, 2.45) is 23.7 Å². The molecule has 4 aromatic rings. The summed E-state index contributed by atoms with van der Waals surface area (Å²) in [4.78, 5) is 22.8. The Labute approximate surface area is 216 Å². The summed E-state index contributed by atoms with van der Waals surface area (Å²) in [6.45, 7) is 0. The van der Waals surface area contributed by atoms with E-state index >= 15 is 0 Å². The molecule has 37 heavy (non-hydrogen) atoms. The molecular weight excluding hydrogens is 460 g/mol. The van der Waals surface area contributed by atoms with Gasteiger partial charge >= 0.3 is 0 Å². The molecule has 4 heterocycles. The predicted molar refractivity (Wildman–Crippen MR) is 140 cm³/mol. The van der Waals surface area contributed by atoms with E-state index in [9.17, 15) is 0 Å². The predicted octanol–water partition coefficient (Wildman–Crippen LogP) is 5.78. The fraction of sp³-hybridized carbons (Fsp3) is 0.290. The second-order valence-corrected chi connectivity index (χ2v) is 10.6. The number of para-hydroxylation sites is 2. The van der Waals surface area contributed by atoms with Crippen molar-refractivity contribution in [3.63, 3.8) is 0 Å². The van der Waals surface area contributed by atoms with Gasteiger partial charge in [-0.15, -0.1) is 0 Å². The van der Waals surface area contributed by atoms with Crippen molar-refractivity contribution in [3.8, 4) is 0 Å². The smallest absolute Gasteiger partial charge is 0.0945 e. The molecule has 4 aliphatic rings. The largest absolute Gasteiger partial charge is 0.269 e. The van der Waals surface area contributed by atoms with Crippen LogP contribution < -0.4 is 10.1 Å². The van der Waals surface area contributed by atoms with Crippen LogP contribution >= 0.6 is 0 Å². The van der Waals surface area contributed by atoms with E-state index in [1.165, 1.54) is 11.1 Å². The van der Waals surface area contributed by atoms with E-state index in [4.69, 9.17) is 9.68 Å². The maximum absolute atomic E-state index is 6.92. The highest BCUT2D eigenvalue weighted by Crippen LogP contribution is 2.67. The van der Waals surface area contributed by atoms with E-state index in [1.54, 1.807) is 0 Å². The lowest BCUT2D eigenvalue weighted by atomic mass is 9.71. The lowest BCUT2D eigenvalue weighted by Gasteiger charge is -2.33. The minimum atomic E-state index is 0.100. The number of hydrogen-bond donors (Lipinski definition) is 0. The Hall–Kier alpha value is -3.74. The minimum Gasteiger partial charge on any atom is -0.269 e. The third-order valence-corrected chi connectivity index (χ3v) is 8.91. The molecule has 2 aromatic carbocycles. The van der Waals surface area contributed by atoms with Gasteiger partial charge < -0.3 is 0 Å². The van der Waals surface area contributed by atoms with Crippen molar-refractivity contribution in [1.29, 1.82) is 0 Å². The van der Waals surface area contributed by atoms with Gasteiger partial charge in [-0.1, -0.05) is 48.5 Å². The van der Waals surface area contributed by atoms with Crippen LogP contribution in [0.5, 0.6) is 0 Å². The molecule has 0 unspecified atom stereocenters. The van der Waals surface area contributed by atoms with Crippen molar-refractivity contribution in [3.05, 3.63) is 121 Å². The van der Waals surface area contributed by atoms with Gasteiger partial charge in [-0.3, -0.25) is 19.6 Å². The average molecular weight is 489 g/mol. The Morgan fingerprint density at radius 1 is 0.568 bits per heavy atom. The number of aromatic nitrogens is 2. The molecule has 8 rings (SSSR count). The Bertz CT molecular complexity index is 1270. The number of rotatable bonds is 4. The quantitative estimate of drug-likeness (QED) is 0.363. The van der Waals surface area contributed by atoms with E-state index in [0.717, 1.165) is 17.8 Å². The monoisotopic (exact) mass is 488 g/mol. The minimum absolute atomic E-state index is 0.100. The molecule has 6 nitrogen and oxygen atoms in total. The molecule has 2 bridgehead atoms. The number of anilines is 2. The van der Waals surface area contributed by atoms with Gasteiger partial charge in [-0.2, -0.15) is 0 Å². The fourth-order valence-electron chi connectivity index (χ4n) is 7.63. The zero-order valence-corrected chi connectivity index (χ0v) is 20.3. The molecule has 2 saturated carbocycles. The van der Waals surface area contributed by atoms with E-state index in [2.05, 4.69) is 92.9 Å². The molecule has 184 valence electrons. The number of nitrogens with zero attached hydrogens (tertiary/aromatic N) is 4. The first-order valence-corrected chi connectivity index (χ1v) is 13.2. The standard InChI is InChI=1S/C31H28N4O2/c1-3-11-22(12-4-1)34-28(20-9-7-15-32-18-20)26-24-17-25(30(26)36-34)27-29(21-10-8-16-33-19-21)35(37-31(24)27)23-13-5-2-6-14-23/h1-16,18-19,24-31H,17H2/t24-,25-,26-,27-,28-,29+,30-,31-/m1/s1. The fourth-order valence-corrected chi connectivity index (χ4v) is 7.63. The first kappa shape index (κ1) is 21.4. The van der Waals surface area contributed by atoms with Crippen molar-refractivity contribution >= 4 is 11.4 Å². The lowest BCUT2D eigenvalue weighted by Crippen LogP contribution is -2.40. The molecule has 0 radical (unpaired) electrons. The molecule has 2 aliphatic carbocycles. The summed E-state index contributed by atoms with van der Waals surface area (Å²) in [5, 5.41) is 4.31. The molecular formula is C31H28N4O2. The Morgan fingerprint density at radius 3 is 1.43 bits per heavy atom. The van der Waals surface area contributed by atoms with E-state index in [0.29, 0.717) is 23.7 Å². The van der Waals surface area contributed by atoms with Crippen molar-refractivity contribution < 1.29 is 9.68 Å². The van der Waals surface area contributed by atoms with Gasteiger partial charge in [0.15, 0.2) is 0 Å². The van der Waals surface area contributed by atoms with Crippen LogP contribution in [-0.4, -0.2) is 22.2 Å². The Balaban J connectivity index is 1.21. The van der Waals surface area contributed by atoms with Gasteiger partial charge in [0.1, 0.15) is 0 Å². The second kappa shape index (κ2) is 8.40. The topological polar surface area (TPSA) is 50.7 Å². The number of hydroxylamine groups is 2. The second-order valence-electron chi connectivity index (χ2n) is 10.6. The van der Waals surface area contributed by atoms with Gasteiger partial charge in [0.25, 0.3) is 0 Å². The molecule has 2 saturated heterocycles. The van der Waals surface area contributed by atoms with Crippen LogP contribution in [-0.2, 0) is 9.68 Å². The van der Waals surface area contributed by atoms with Crippen molar-refractivity contribution in [1.82, 2.24) is 9.97 Å². The van der Waals surface area contributed by atoms with E-state index in [1.807, 2.05) is 36.9 Å². The summed E-state index contributed by atoms with van der Waals surface area (Å²) >= 11 is 0. The molecule has 2 aliphatic heterocycles. The first-order chi connectivity index (χ1) is 18.4. The van der Waals surface area contributed by atoms with Crippen LogP contribution in [0.2, 0.25) is 0 Å². The normalized spacial score (nSPS) is 33.5. The van der Waals surface area contributed by atoms with Crippen LogP contribution in [0.1, 0.15) is 29.6 Å². The molecule has 0 N–H and O–H groups in total. The molecule has 2 aromatic heterocycles. The zero-order valence-electron chi connectivity index (χ0n) is 20.3. The highest BCUT2D eigenvalue weighted by atomic mass is 16.7. The summed E-state index contributed by atoms with van der Waals surface area (Å²) in [7, 11) is 0. The lowest BCUT2D eigenvalue weighted by molar-refractivity contribution is -0.0291. The van der Waals surface area contributed by atoms with Crippen LogP contribution in [0, 0.1) is 23.7 Å². The third-order valence-electron chi connectivity index (χ3n) is 8.91. The van der Waals surface area contributed by atoms with Gasteiger partial charge in [-0.05, 0) is 65.8 Å². The van der Waals surface area contributed by atoms with E-state index < -0.39 is 0 Å². The number of pyridine rings is 2. The Morgan fingerprint density at radius 2 is 1.03 bits per heavy atom. The van der Waals surface area contributed by atoms with Gasteiger partial charge in [0, 0.05) is 36.6 Å². The molecule has 8 atom stereocenters. The van der Waals surface area contributed by atoms with Crippen LogP contribution in [0.3, 0.4) is 0 Å². The first-order valence-electron chi connectivity index (χ1n) is 13.2. The summed E-state index contributed by atoms with van der Waals surface area (Å²) < 4.78 is 0. The van der Waals surface area contributed by atoms with E-state index in [-0.39, 0.29) is 24.3 Å². The maximum atomic E-state index is 6.92. The summed E-state index contributed by atoms with van der Waals surface area (Å²) in [5.74, 6) is 1.46. The Kier molecular flexibility index (Phi) is 4.85. The van der Waals surface area contributed by atoms with Crippen molar-refractivity contribution in [2.75, 3.05) is 10.1 Å². The van der Waals surface area contributed by atoms with Gasteiger partial charge in [-0.25, -0.2) is 10.1 Å². The van der Waals surface area contributed by atoms with Gasteiger partial charge in [0.2, 0.25) is 0 Å². The number of hydrogen-bond acceptors (Lipinski definition) is 6. The van der Waals surface area contributed by atoms with Crippen LogP contribution in [0.4, 0.5) is 11.4 Å². The molecule has 4 fully saturated rings. The van der Waals surface area contributed by atoms with Crippen LogP contribution in [0.25, 0.3) is 0 Å². The average Bonchev–Trinajstić information content (AvgIpc) is 3.72. The van der Waals surface area contributed by atoms with Crippen molar-refractivity contribution in [2.45, 2.75) is 30.7 Å². The zero-order chi connectivity index (χ0) is 24.3. The maximum Gasteiger partial charge on any atom is 0.0945 e. The molecule has 6 heteroatoms. The highest BCUT2D eigenvalue weighted by molar-refractivity contribution is 5.50. The number of fused-ring (bicyclic) bond motifs is 8. The van der Waals surface area contributed by atoms with Gasteiger partial charge in [0.05, 0.1) is 35.7 Å². The number of benzene rings is 2. The SMILES string of the molecule is c1ccc(N2O[C@@H]3[C@@H]4C[C@@H]([C@H]5ON(c6ccccc6)[C@@H](c6cccnc6)[C@@H]45)[C@@H]3[C@H]2c2cccnc2)cc1. The van der Waals surface area contributed by atoms with Crippen LogP contribution in [0.15, 0.2) is 110 Å².